The maximum Gasteiger partial charge on any atom is 0.151 e. The number of hydrogen-bond acceptors (Lipinski definition) is 3. The summed E-state index contributed by atoms with van der Waals surface area (Å²) in [7, 11) is 0. The average Bonchev–Trinajstić information content (AvgIpc) is 2.18. The molecule has 0 spiro atoms. The topological polar surface area (TPSA) is 38.7 Å². The molecule has 0 aliphatic carbocycles. The molecule has 15 heavy (non-hydrogen) atoms. The standard InChI is InChI=1S/C12H22O3/c1-8-5-12(10(3)14-6-8)9(2)7-15-11(4)13/h5,8-11,13H,6-7H2,1-4H3. The second-order valence-corrected chi connectivity index (χ2v) is 4.45. The molecule has 0 radical (unpaired) electrons. The van der Waals surface area contributed by atoms with Crippen LogP contribution in [0.2, 0.25) is 0 Å². The van der Waals surface area contributed by atoms with Gasteiger partial charge in [-0.15, -0.1) is 0 Å². The normalized spacial score (nSPS) is 30.9. The van der Waals surface area contributed by atoms with Gasteiger partial charge in [0.1, 0.15) is 0 Å². The molecule has 3 nitrogen and oxygen atoms in total. The summed E-state index contributed by atoms with van der Waals surface area (Å²) in [5.74, 6) is 0.780. The molecule has 1 rings (SSSR count). The SMILES string of the molecule is CC1C=C(C(C)COC(C)O)C(C)OC1. The zero-order valence-corrected chi connectivity index (χ0v) is 10.1. The molecule has 4 atom stereocenters. The fourth-order valence-electron chi connectivity index (χ4n) is 1.85. The summed E-state index contributed by atoms with van der Waals surface area (Å²) in [5, 5.41) is 9.04. The molecule has 1 aliphatic heterocycles. The molecular formula is C12H22O3. The van der Waals surface area contributed by atoms with E-state index in [1.807, 2.05) is 0 Å². The van der Waals surface area contributed by atoms with Crippen molar-refractivity contribution in [2.75, 3.05) is 13.2 Å². The Morgan fingerprint density at radius 1 is 1.53 bits per heavy atom. The number of ether oxygens (including phenoxy) is 2. The van der Waals surface area contributed by atoms with E-state index in [1.165, 1.54) is 5.57 Å². The van der Waals surface area contributed by atoms with Gasteiger partial charge in [0.15, 0.2) is 6.29 Å². The van der Waals surface area contributed by atoms with Crippen LogP contribution in [0.5, 0.6) is 0 Å². The Bertz CT molecular complexity index is 223. The Balaban J connectivity index is 2.52. The van der Waals surface area contributed by atoms with Crippen LogP contribution in [-0.2, 0) is 9.47 Å². The van der Waals surface area contributed by atoms with Crippen LogP contribution in [0.3, 0.4) is 0 Å². The number of hydrogen-bond donors (Lipinski definition) is 1. The molecule has 0 fully saturated rings. The second-order valence-electron chi connectivity index (χ2n) is 4.45. The van der Waals surface area contributed by atoms with E-state index in [1.54, 1.807) is 6.92 Å². The minimum atomic E-state index is -0.690. The molecule has 3 heteroatoms. The van der Waals surface area contributed by atoms with E-state index in [4.69, 9.17) is 14.6 Å². The van der Waals surface area contributed by atoms with Crippen LogP contribution in [0.15, 0.2) is 11.6 Å². The summed E-state index contributed by atoms with van der Waals surface area (Å²) in [6, 6.07) is 0. The van der Waals surface area contributed by atoms with Crippen LogP contribution < -0.4 is 0 Å². The third kappa shape index (κ3) is 3.93. The first-order chi connectivity index (χ1) is 7.00. The molecule has 88 valence electrons. The molecule has 1 N–H and O–H groups in total. The van der Waals surface area contributed by atoms with Gasteiger partial charge >= 0.3 is 0 Å². The molecule has 0 bridgehead atoms. The number of aliphatic hydroxyl groups is 1. The van der Waals surface area contributed by atoms with Gasteiger partial charge in [0.2, 0.25) is 0 Å². The van der Waals surface area contributed by atoms with Crippen LogP contribution in [0.4, 0.5) is 0 Å². The summed E-state index contributed by atoms with van der Waals surface area (Å²) < 4.78 is 10.8. The van der Waals surface area contributed by atoms with Crippen molar-refractivity contribution in [1.82, 2.24) is 0 Å². The Morgan fingerprint density at radius 2 is 2.20 bits per heavy atom. The number of rotatable bonds is 4. The first kappa shape index (κ1) is 12.7. The van der Waals surface area contributed by atoms with E-state index in [9.17, 15) is 0 Å². The lowest BCUT2D eigenvalue weighted by Gasteiger charge is -2.29. The van der Waals surface area contributed by atoms with E-state index >= 15 is 0 Å². The summed E-state index contributed by atoms with van der Waals surface area (Å²) in [5.41, 5.74) is 1.29. The fraction of sp³-hybridized carbons (Fsp3) is 0.833. The van der Waals surface area contributed by atoms with Crippen LogP contribution in [0.25, 0.3) is 0 Å². The molecule has 0 aromatic rings. The largest absolute Gasteiger partial charge is 0.374 e. The zero-order chi connectivity index (χ0) is 11.4. The summed E-state index contributed by atoms with van der Waals surface area (Å²) in [6.45, 7) is 9.29. The van der Waals surface area contributed by atoms with Gasteiger partial charge in [0.05, 0.1) is 19.3 Å². The average molecular weight is 214 g/mol. The maximum atomic E-state index is 9.04. The summed E-state index contributed by atoms with van der Waals surface area (Å²) in [4.78, 5) is 0. The van der Waals surface area contributed by atoms with Crippen molar-refractivity contribution >= 4 is 0 Å². The van der Waals surface area contributed by atoms with Gasteiger partial charge in [0, 0.05) is 5.92 Å². The van der Waals surface area contributed by atoms with Crippen molar-refractivity contribution in [1.29, 1.82) is 0 Å². The van der Waals surface area contributed by atoms with E-state index in [-0.39, 0.29) is 6.10 Å². The van der Waals surface area contributed by atoms with Gasteiger partial charge in [-0.1, -0.05) is 19.9 Å². The number of aliphatic hydroxyl groups excluding tert-OH is 1. The first-order valence-electron chi connectivity index (χ1n) is 5.63. The van der Waals surface area contributed by atoms with Gasteiger partial charge in [-0.3, -0.25) is 0 Å². The monoisotopic (exact) mass is 214 g/mol. The van der Waals surface area contributed by atoms with Crippen molar-refractivity contribution < 1.29 is 14.6 Å². The third-order valence-electron chi connectivity index (χ3n) is 2.71. The van der Waals surface area contributed by atoms with Gasteiger partial charge < -0.3 is 14.6 Å². The second kappa shape index (κ2) is 5.64. The lowest BCUT2D eigenvalue weighted by atomic mass is 9.92. The molecule has 4 unspecified atom stereocenters. The molecule has 0 saturated carbocycles. The Hall–Kier alpha value is -0.380. The van der Waals surface area contributed by atoms with Crippen molar-refractivity contribution in [3.63, 3.8) is 0 Å². The van der Waals surface area contributed by atoms with Crippen LogP contribution in [-0.4, -0.2) is 30.7 Å². The minimum absolute atomic E-state index is 0.175. The summed E-state index contributed by atoms with van der Waals surface area (Å²) in [6.07, 6.45) is 1.75. The van der Waals surface area contributed by atoms with Crippen LogP contribution >= 0.6 is 0 Å². The fourth-order valence-corrected chi connectivity index (χ4v) is 1.85. The molecular weight excluding hydrogens is 192 g/mol. The predicted octanol–water partition coefficient (Wildman–Crippen LogP) is 1.96. The molecule has 1 heterocycles. The van der Waals surface area contributed by atoms with Gasteiger partial charge in [-0.25, -0.2) is 0 Å². The van der Waals surface area contributed by atoms with Crippen molar-refractivity contribution in [3.05, 3.63) is 11.6 Å². The molecule has 1 aliphatic rings. The quantitative estimate of drug-likeness (QED) is 0.574. The first-order valence-corrected chi connectivity index (χ1v) is 5.63. The Morgan fingerprint density at radius 3 is 2.80 bits per heavy atom. The molecule has 0 saturated heterocycles. The smallest absolute Gasteiger partial charge is 0.151 e. The third-order valence-corrected chi connectivity index (χ3v) is 2.71. The van der Waals surface area contributed by atoms with Crippen LogP contribution in [0, 0.1) is 11.8 Å². The lowest BCUT2D eigenvalue weighted by molar-refractivity contribution is -0.0939. The highest BCUT2D eigenvalue weighted by molar-refractivity contribution is 5.14. The van der Waals surface area contributed by atoms with Crippen molar-refractivity contribution in [3.8, 4) is 0 Å². The zero-order valence-electron chi connectivity index (χ0n) is 10.1. The maximum absolute atomic E-state index is 9.04. The highest BCUT2D eigenvalue weighted by Crippen LogP contribution is 2.24. The highest BCUT2D eigenvalue weighted by atomic mass is 16.6. The van der Waals surface area contributed by atoms with Crippen molar-refractivity contribution in [2.24, 2.45) is 11.8 Å². The molecule has 0 amide bonds. The predicted molar refractivity (Wildman–Crippen MR) is 59.5 cm³/mol. The van der Waals surface area contributed by atoms with E-state index in [0.717, 1.165) is 6.61 Å². The lowest BCUT2D eigenvalue weighted by Crippen LogP contribution is -2.27. The summed E-state index contributed by atoms with van der Waals surface area (Å²) >= 11 is 0. The van der Waals surface area contributed by atoms with Gasteiger partial charge in [-0.2, -0.15) is 0 Å². The van der Waals surface area contributed by atoms with Gasteiger partial charge in [-0.05, 0) is 25.3 Å². The van der Waals surface area contributed by atoms with Gasteiger partial charge in [0.25, 0.3) is 0 Å². The Kier molecular flexibility index (Phi) is 4.77. The minimum Gasteiger partial charge on any atom is -0.374 e. The molecule has 0 aromatic heterocycles. The Labute approximate surface area is 92.1 Å². The van der Waals surface area contributed by atoms with Crippen molar-refractivity contribution in [2.45, 2.75) is 40.1 Å². The van der Waals surface area contributed by atoms with E-state index < -0.39 is 6.29 Å². The van der Waals surface area contributed by atoms with Crippen LogP contribution in [0.1, 0.15) is 27.7 Å². The highest BCUT2D eigenvalue weighted by Gasteiger charge is 2.22. The van der Waals surface area contributed by atoms with E-state index in [2.05, 4.69) is 26.8 Å². The molecule has 0 aromatic carbocycles. The van der Waals surface area contributed by atoms with E-state index in [0.29, 0.717) is 18.4 Å².